The van der Waals surface area contributed by atoms with Crippen LogP contribution >= 0.6 is 11.3 Å². The van der Waals surface area contributed by atoms with Crippen molar-refractivity contribution in [3.8, 4) is 0 Å². The number of hydrogen-bond donors (Lipinski definition) is 2. The molecule has 0 aliphatic carbocycles. The molecular formula is C16H15N3O2S. The maximum absolute atomic E-state index is 11.3. The molecule has 0 saturated carbocycles. The third-order valence-corrected chi connectivity index (χ3v) is 4.63. The zero-order valence-corrected chi connectivity index (χ0v) is 13.0. The zero-order valence-electron chi connectivity index (χ0n) is 12.2. The molecule has 0 bridgehead atoms. The second kappa shape index (κ2) is 5.73. The van der Waals surface area contributed by atoms with Crippen LogP contribution in [0.5, 0.6) is 0 Å². The van der Waals surface area contributed by atoms with Crippen molar-refractivity contribution in [3.63, 3.8) is 0 Å². The summed E-state index contributed by atoms with van der Waals surface area (Å²) < 4.78 is 0.947. The van der Waals surface area contributed by atoms with Crippen LogP contribution in [0, 0.1) is 6.92 Å². The number of nitrogens with zero attached hydrogens (tertiary/aromatic N) is 2. The molecule has 6 heteroatoms. The van der Waals surface area contributed by atoms with Crippen LogP contribution in [0.15, 0.2) is 36.7 Å². The second-order valence-corrected chi connectivity index (χ2v) is 6.12. The highest BCUT2D eigenvalue weighted by molar-refractivity contribution is 7.23. The second-order valence-electron chi connectivity index (χ2n) is 5.07. The molecule has 0 aliphatic heterocycles. The SMILES string of the molecule is Cc1cnc(C(=O)O)c2cc(NC(C)c3ccccn3)sc12. The van der Waals surface area contributed by atoms with Gasteiger partial charge in [0.15, 0.2) is 5.69 Å². The lowest BCUT2D eigenvalue weighted by Gasteiger charge is -2.12. The number of aryl methyl sites for hydroxylation is 1. The first kappa shape index (κ1) is 14.5. The summed E-state index contributed by atoms with van der Waals surface area (Å²) in [6, 6.07) is 7.67. The van der Waals surface area contributed by atoms with Crippen molar-refractivity contribution < 1.29 is 9.90 Å². The molecule has 5 nitrogen and oxygen atoms in total. The minimum atomic E-state index is -1.01. The summed E-state index contributed by atoms with van der Waals surface area (Å²) >= 11 is 1.54. The highest BCUT2D eigenvalue weighted by Gasteiger charge is 2.16. The van der Waals surface area contributed by atoms with E-state index in [1.165, 1.54) is 11.3 Å². The van der Waals surface area contributed by atoms with Gasteiger partial charge >= 0.3 is 5.97 Å². The summed E-state index contributed by atoms with van der Waals surface area (Å²) in [6.07, 6.45) is 3.36. The van der Waals surface area contributed by atoms with Gasteiger partial charge in [-0.3, -0.25) is 4.98 Å². The number of aromatic nitrogens is 2. The summed E-state index contributed by atoms with van der Waals surface area (Å²) in [5.74, 6) is -1.01. The Labute approximate surface area is 131 Å². The van der Waals surface area contributed by atoms with E-state index in [0.29, 0.717) is 5.39 Å². The number of carboxylic acid groups (broad SMARTS) is 1. The van der Waals surface area contributed by atoms with Crippen LogP contribution in [0.3, 0.4) is 0 Å². The smallest absolute Gasteiger partial charge is 0.355 e. The molecule has 3 heterocycles. The molecule has 0 aliphatic rings. The molecule has 3 aromatic heterocycles. The Morgan fingerprint density at radius 3 is 2.86 bits per heavy atom. The molecule has 0 aromatic carbocycles. The molecule has 0 radical (unpaired) electrons. The van der Waals surface area contributed by atoms with Gasteiger partial charge in [0.1, 0.15) is 0 Å². The minimum absolute atomic E-state index is 0.0378. The molecule has 0 fully saturated rings. The first-order valence-electron chi connectivity index (χ1n) is 6.86. The molecule has 112 valence electrons. The molecule has 2 N–H and O–H groups in total. The summed E-state index contributed by atoms with van der Waals surface area (Å²) in [5.41, 5.74) is 2.01. The average molecular weight is 313 g/mol. The van der Waals surface area contributed by atoms with E-state index in [1.54, 1.807) is 12.4 Å². The Hall–Kier alpha value is -2.47. The number of pyridine rings is 2. The number of nitrogens with one attached hydrogen (secondary N) is 1. The molecule has 3 aromatic rings. The zero-order chi connectivity index (χ0) is 15.7. The lowest BCUT2D eigenvalue weighted by molar-refractivity contribution is 0.0693. The molecule has 22 heavy (non-hydrogen) atoms. The van der Waals surface area contributed by atoms with Gasteiger partial charge in [-0.05, 0) is 37.6 Å². The number of carboxylic acids is 1. The lowest BCUT2D eigenvalue weighted by atomic mass is 10.2. The molecule has 1 atom stereocenters. The molecule has 0 amide bonds. The summed E-state index contributed by atoms with van der Waals surface area (Å²) in [6.45, 7) is 3.96. The Bertz CT molecular complexity index is 830. The van der Waals surface area contributed by atoms with Crippen LogP contribution in [-0.4, -0.2) is 21.0 Å². The van der Waals surface area contributed by atoms with E-state index in [0.717, 1.165) is 21.0 Å². The number of aromatic carboxylic acids is 1. The summed E-state index contributed by atoms with van der Waals surface area (Å²) in [5, 5.41) is 14.2. The highest BCUT2D eigenvalue weighted by atomic mass is 32.1. The largest absolute Gasteiger partial charge is 0.476 e. The summed E-state index contributed by atoms with van der Waals surface area (Å²) in [7, 11) is 0. The molecule has 1 unspecified atom stereocenters. The van der Waals surface area contributed by atoms with Gasteiger partial charge in [-0.15, -0.1) is 11.3 Å². The van der Waals surface area contributed by atoms with E-state index in [-0.39, 0.29) is 11.7 Å². The summed E-state index contributed by atoms with van der Waals surface area (Å²) in [4.78, 5) is 19.6. The van der Waals surface area contributed by atoms with E-state index < -0.39 is 5.97 Å². The van der Waals surface area contributed by atoms with Gasteiger partial charge in [0.2, 0.25) is 0 Å². The fourth-order valence-electron chi connectivity index (χ4n) is 2.31. The number of thiophene rings is 1. The van der Waals surface area contributed by atoms with Gasteiger partial charge in [0, 0.05) is 22.5 Å². The number of hydrogen-bond acceptors (Lipinski definition) is 5. The van der Waals surface area contributed by atoms with Gasteiger partial charge < -0.3 is 10.4 Å². The maximum atomic E-state index is 11.3. The van der Waals surface area contributed by atoms with Crippen molar-refractivity contribution in [1.29, 1.82) is 0 Å². The number of fused-ring (bicyclic) bond motifs is 1. The highest BCUT2D eigenvalue weighted by Crippen LogP contribution is 2.35. The third kappa shape index (κ3) is 2.65. The Morgan fingerprint density at radius 2 is 2.18 bits per heavy atom. The standard InChI is InChI=1S/C16H15N3O2S/c1-9-8-18-14(16(20)21)11-7-13(22-15(9)11)19-10(2)12-5-3-4-6-17-12/h3-8,10,19H,1-2H3,(H,20,21). The van der Waals surface area contributed by atoms with Gasteiger partial charge in [-0.25, -0.2) is 9.78 Å². The van der Waals surface area contributed by atoms with Crippen molar-refractivity contribution >= 4 is 32.4 Å². The van der Waals surface area contributed by atoms with E-state index in [9.17, 15) is 9.90 Å². The van der Waals surface area contributed by atoms with E-state index in [1.807, 2.05) is 38.1 Å². The number of anilines is 1. The van der Waals surface area contributed by atoms with Gasteiger partial charge in [-0.2, -0.15) is 0 Å². The fraction of sp³-hybridized carbons (Fsp3) is 0.188. The van der Waals surface area contributed by atoms with Gasteiger partial charge in [-0.1, -0.05) is 6.07 Å². The maximum Gasteiger partial charge on any atom is 0.355 e. The van der Waals surface area contributed by atoms with E-state index in [2.05, 4.69) is 15.3 Å². The van der Waals surface area contributed by atoms with Crippen LogP contribution in [0.2, 0.25) is 0 Å². The Balaban J connectivity index is 1.97. The molecule has 3 rings (SSSR count). The van der Waals surface area contributed by atoms with Crippen LogP contribution in [0.25, 0.3) is 10.1 Å². The fourth-order valence-corrected chi connectivity index (χ4v) is 3.42. The van der Waals surface area contributed by atoms with Crippen molar-refractivity contribution in [2.75, 3.05) is 5.32 Å². The van der Waals surface area contributed by atoms with Crippen molar-refractivity contribution in [1.82, 2.24) is 9.97 Å². The lowest BCUT2D eigenvalue weighted by Crippen LogP contribution is -2.06. The third-order valence-electron chi connectivity index (χ3n) is 3.43. The number of carbonyl (C=O) groups is 1. The van der Waals surface area contributed by atoms with Crippen molar-refractivity contribution in [3.05, 3.63) is 53.6 Å². The van der Waals surface area contributed by atoms with E-state index >= 15 is 0 Å². The van der Waals surface area contributed by atoms with Gasteiger partial charge in [0.25, 0.3) is 0 Å². The monoisotopic (exact) mass is 313 g/mol. The molecule has 0 spiro atoms. The normalized spacial score (nSPS) is 12.3. The predicted octanol–water partition coefficient (Wildman–Crippen LogP) is 3.87. The minimum Gasteiger partial charge on any atom is -0.476 e. The van der Waals surface area contributed by atoms with Crippen molar-refractivity contribution in [2.24, 2.45) is 0 Å². The van der Waals surface area contributed by atoms with Gasteiger partial charge in [0.05, 0.1) is 16.7 Å². The van der Waals surface area contributed by atoms with Crippen LogP contribution < -0.4 is 5.32 Å². The molecule has 0 saturated heterocycles. The Morgan fingerprint density at radius 1 is 1.36 bits per heavy atom. The average Bonchev–Trinajstić information content (AvgIpc) is 2.92. The first-order chi connectivity index (χ1) is 10.6. The Kier molecular flexibility index (Phi) is 3.77. The first-order valence-corrected chi connectivity index (χ1v) is 7.68. The van der Waals surface area contributed by atoms with Crippen molar-refractivity contribution in [2.45, 2.75) is 19.9 Å². The van der Waals surface area contributed by atoms with Crippen LogP contribution in [0.1, 0.15) is 34.7 Å². The van der Waals surface area contributed by atoms with Crippen LogP contribution in [0.4, 0.5) is 5.00 Å². The van der Waals surface area contributed by atoms with Crippen LogP contribution in [-0.2, 0) is 0 Å². The topological polar surface area (TPSA) is 75.1 Å². The quantitative estimate of drug-likeness (QED) is 0.764. The molecular weight excluding hydrogens is 298 g/mol. The number of rotatable bonds is 4. The van der Waals surface area contributed by atoms with E-state index in [4.69, 9.17) is 0 Å². The predicted molar refractivity (Wildman–Crippen MR) is 87.6 cm³/mol.